The Morgan fingerprint density at radius 1 is 0.846 bits per heavy atom. The van der Waals surface area contributed by atoms with Gasteiger partial charge in [-0.25, -0.2) is 4.39 Å². The van der Waals surface area contributed by atoms with E-state index in [1.165, 1.54) is 37.8 Å². The summed E-state index contributed by atoms with van der Waals surface area (Å²) in [5, 5.41) is 13.2. The summed E-state index contributed by atoms with van der Waals surface area (Å²) in [5.41, 5.74) is 0. The molecule has 0 heterocycles. The summed E-state index contributed by atoms with van der Waals surface area (Å²) in [4.78, 5) is 4.13. The van der Waals surface area contributed by atoms with E-state index >= 15 is 0 Å². The second-order valence-corrected chi connectivity index (χ2v) is 6.99. The number of rotatable bonds is 15. The first-order valence-corrected chi connectivity index (χ1v) is 9.61. The predicted octanol–water partition coefficient (Wildman–Crippen LogP) is 6.54. The summed E-state index contributed by atoms with van der Waals surface area (Å²) in [6, 6.07) is 2.68. The van der Waals surface area contributed by atoms with E-state index < -0.39 is 35.7 Å². The number of alkyl halides is 4. The molecule has 0 bridgehead atoms. The zero-order chi connectivity index (χ0) is 19.9. The summed E-state index contributed by atoms with van der Waals surface area (Å²) in [7, 11) is 0. The Labute approximate surface area is 157 Å². The lowest BCUT2D eigenvalue weighted by Crippen LogP contribution is -2.38. The maximum absolute atomic E-state index is 14.2. The summed E-state index contributed by atoms with van der Waals surface area (Å²) < 4.78 is 57.0. The lowest BCUT2D eigenvalue weighted by molar-refractivity contribution is -0.224. The lowest BCUT2D eigenvalue weighted by Gasteiger charge is -2.25. The molecule has 0 spiro atoms. The van der Waals surface area contributed by atoms with Crippen LogP contribution in [0.25, 0.3) is 0 Å². The summed E-state index contributed by atoms with van der Waals surface area (Å²) in [5.74, 6) is 0. The highest BCUT2D eigenvalue weighted by Crippen LogP contribution is 2.47. The molecule has 0 rings (SSSR count). The SMILES string of the molecule is CCCCCCCCCCCCC(F)(SOOC(C#N)C#N)C(F)(F)F. The van der Waals surface area contributed by atoms with E-state index in [2.05, 4.69) is 16.1 Å². The van der Waals surface area contributed by atoms with Gasteiger partial charge in [0.2, 0.25) is 0 Å². The van der Waals surface area contributed by atoms with Crippen molar-refractivity contribution in [3.63, 3.8) is 0 Å². The van der Waals surface area contributed by atoms with E-state index in [1.54, 1.807) is 0 Å². The molecule has 0 aliphatic heterocycles. The van der Waals surface area contributed by atoms with E-state index in [0.29, 0.717) is 6.42 Å². The average Bonchev–Trinajstić information content (AvgIpc) is 2.59. The second-order valence-electron chi connectivity index (χ2n) is 6.04. The Bertz CT molecular complexity index is 438. The van der Waals surface area contributed by atoms with Crippen LogP contribution in [0.3, 0.4) is 0 Å². The Morgan fingerprint density at radius 2 is 1.31 bits per heavy atom. The number of halogens is 4. The van der Waals surface area contributed by atoms with E-state index in [-0.39, 0.29) is 6.42 Å². The van der Waals surface area contributed by atoms with Gasteiger partial charge in [0.25, 0.3) is 11.1 Å². The molecule has 0 aromatic heterocycles. The Hall–Kier alpha value is -1.03. The van der Waals surface area contributed by atoms with E-state index in [4.69, 9.17) is 10.5 Å². The average molecular weight is 398 g/mol. The van der Waals surface area contributed by atoms with Crippen molar-refractivity contribution < 1.29 is 26.8 Å². The number of unbranched alkanes of at least 4 members (excludes halogenated alkanes) is 9. The van der Waals surface area contributed by atoms with Crippen LogP contribution >= 0.6 is 12.0 Å². The monoisotopic (exact) mass is 398 g/mol. The van der Waals surface area contributed by atoms with E-state index in [0.717, 1.165) is 25.7 Å². The van der Waals surface area contributed by atoms with Crippen LogP contribution in [-0.2, 0) is 9.22 Å². The van der Waals surface area contributed by atoms with Crippen molar-refractivity contribution in [2.75, 3.05) is 0 Å². The lowest BCUT2D eigenvalue weighted by atomic mass is 10.0. The quantitative estimate of drug-likeness (QED) is 0.103. The number of hydrogen-bond acceptors (Lipinski definition) is 5. The highest BCUT2D eigenvalue weighted by Gasteiger charge is 2.57. The Morgan fingerprint density at radius 3 is 1.73 bits per heavy atom. The summed E-state index contributed by atoms with van der Waals surface area (Å²) >= 11 is -0.547. The van der Waals surface area contributed by atoms with Crippen molar-refractivity contribution in [1.29, 1.82) is 10.5 Å². The smallest absolute Gasteiger partial charge is 0.219 e. The molecule has 0 radical (unpaired) electrons. The van der Waals surface area contributed by atoms with Gasteiger partial charge in [-0.3, -0.25) is 0 Å². The predicted molar refractivity (Wildman–Crippen MR) is 91.1 cm³/mol. The van der Waals surface area contributed by atoms with Gasteiger partial charge in [0, 0.05) is 6.42 Å². The van der Waals surface area contributed by atoms with Gasteiger partial charge in [0.05, 0.1) is 12.0 Å². The van der Waals surface area contributed by atoms with Gasteiger partial charge in [0.15, 0.2) is 0 Å². The minimum absolute atomic E-state index is 0.0577. The fourth-order valence-electron chi connectivity index (χ4n) is 2.26. The molecule has 26 heavy (non-hydrogen) atoms. The van der Waals surface area contributed by atoms with Crippen LogP contribution in [0.5, 0.6) is 0 Å². The fraction of sp³-hybridized carbons (Fsp3) is 0.882. The molecular weight excluding hydrogens is 372 g/mol. The van der Waals surface area contributed by atoms with Crippen molar-refractivity contribution in [2.45, 2.75) is 94.8 Å². The fourth-order valence-corrected chi connectivity index (χ4v) is 2.80. The van der Waals surface area contributed by atoms with Gasteiger partial charge < -0.3 is 0 Å². The standard InChI is InChI=1S/C17H26F4N2O2S/c1-2-3-4-5-6-7-8-9-10-11-12-16(18,17(19,20)21)26-25-24-15(13-22)14-23/h15H,2-12H2,1H3. The molecule has 0 amide bonds. The Balaban J connectivity index is 4.05. The minimum atomic E-state index is -5.14. The van der Waals surface area contributed by atoms with Crippen LogP contribution in [0.2, 0.25) is 0 Å². The molecule has 0 aromatic carbocycles. The maximum Gasteiger partial charge on any atom is 0.434 e. The molecule has 0 N–H and O–H groups in total. The molecular formula is C17H26F4N2O2S. The van der Waals surface area contributed by atoms with Gasteiger partial charge >= 0.3 is 6.18 Å². The molecule has 4 nitrogen and oxygen atoms in total. The highest BCUT2D eigenvalue weighted by molar-refractivity contribution is 7.95. The molecule has 0 aliphatic rings. The van der Waals surface area contributed by atoms with Crippen molar-refractivity contribution >= 4 is 12.0 Å². The Kier molecular flexibility index (Phi) is 13.5. The van der Waals surface area contributed by atoms with Crippen molar-refractivity contribution in [1.82, 2.24) is 0 Å². The van der Waals surface area contributed by atoms with Crippen molar-refractivity contribution in [3.05, 3.63) is 0 Å². The van der Waals surface area contributed by atoms with Crippen LogP contribution in [0.4, 0.5) is 17.6 Å². The largest absolute Gasteiger partial charge is 0.434 e. The topological polar surface area (TPSA) is 66.0 Å². The van der Waals surface area contributed by atoms with Gasteiger partial charge in [0.1, 0.15) is 12.1 Å². The third-order valence-corrected chi connectivity index (χ3v) is 4.66. The zero-order valence-electron chi connectivity index (χ0n) is 15.0. The van der Waals surface area contributed by atoms with Crippen LogP contribution in [0, 0.1) is 22.7 Å². The van der Waals surface area contributed by atoms with Crippen LogP contribution in [0.15, 0.2) is 0 Å². The molecule has 0 fully saturated rings. The third-order valence-electron chi connectivity index (χ3n) is 3.81. The zero-order valence-corrected chi connectivity index (χ0v) is 15.8. The molecule has 1 atom stereocenters. The number of nitrogens with zero attached hydrogens (tertiary/aromatic N) is 2. The van der Waals surface area contributed by atoms with Gasteiger partial charge in [-0.15, -0.1) is 0 Å². The molecule has 9 heteroatoms. The molecule has 0 saturated heterocycles. The van der Waals surface area contributed by atoms with Crippen molar-refractivity contribution in [3.8, 4) is 12.1 Å². The first-order valence-electron chi connectivity index (χ1n) is 8.86. The normalized spacial score (nSPS) is 14.0. The van der Waals surface area contributed by atoms with Crippen LogP contribution in [0.1, 0.15) is 77.6 Å². The van der Waals surface area contributed by atoms with E-state index in [1.807, 2.05) is 0 Å². The van der Waals surface area contributed by atoms with Gasteiger partial charge in [-0.05, 0) is 6.42 Å². The first-order chi connectivity index (χ1) is 12.3. The van der Waals surface area contributed by atoms with Crippen LogP contribution < -0.4 is 0 Å². The summed E-state index contributed by atoms with van der Waals surface area (Å²) in [6.07, 6.45) is 1.57. The molecule has 0 aromatic rings. The summed E-state index contributed by atoms with van der Waals surface area (Å²) in [6.45, 7) is 2.15. The molecule has 1 unspecified atom stereocenters. The van der Waals surface area contributed by atoms with Gasteiger partial charge in [-0.1, -0.05) is 64.7 Å². The number of hydrogen-bond donors (Lipinski definition) is 0. The van der Waals surface area contributed by atoms with Gasteiger partial charge in [-0.2, -0.15) is 32.9 Å². The number of nitriles is 2. The van der Waals surface area contributed by atoms with E-state index in [9.17, 15) is 17.6 Å². The highest BCUT2D eigenvalue weighted by atomic mass is 32.2. The first kappa shape index (κ1) is 25.0. The van der Waals surface area contributed by atoms with Crippen LogP contribution in [-0.4, -0.2) is 17.3 Å². The van der Waals surface area contributed by atoms with Crippen molar-refractivity contribution in [2.24, 2.45) is 0 Å². The third kappa shape index (κ3) is 10.8. The maximum atomic E-state index is 14.2. The molecule has 0 aliphatic carbocycles. The molecule has 150 valence electrons. The molecule has 0 saturated carbocycles. The second kappa shape index (κ2) is 14.1. The minimum Gasteiger partial charge on any atom is -0.219 e.